The molecular weight excluding hydrogens is 192 g/mol. The van der Waals surface area contributed by atoms with E-state index in [9.17, 15) is 4.79 Å². The van der Waals surface area contributed by atoms with Crippen molar-refractivity contribution in [2.45, 2.75) is 25.3 Å². The number of aliphatic carboxylic acids is 1. The molecule has 1 heterocycles. The van der Waals surface area contributed by atoms with Crippen LogP contribution in [0.25, 0.3) is 0 Å². The van der Waals surface area contributed by atoms with Crippen molar-refractivity contribution in [3.63, 3.8) is 0 Å². The molecule has 1 saturated heterocycles. The Kier molecular flexibility index (Phi) is 3.26. The Morgan fingerprint density at radius 3 is 2.93 bits per heavy atom. The zero-order chi connectivity index (χ0) is 10.7. The molecule has 0 aromatic carbocycles. The maximum absolute atomic E-state index is 10.2. The van der Waals surface area contributed by atoms with Crippen LogP contribution in [-0.4, -0.2) is 41.7 Å². The van der Waals surface area contributed by atoms with Gasteiger partial charge in [-0.1, -0.05) is 0 Å². The summed E-state index contributed by atoms with van der Waals surface area (Å²) in [5.74, 6) is -0.211. The first kappa shape index (κ1) is 10.5. The van der Waals surface area contributed by atoms with Gasteiger partial charge in [-0.2, -0.15) is 0 Å². The lowest BCUT2D eigenvalue weighted by molar-refractivity contribution is -0.131. The number of carboxylic acid groups (broad SMARTS) is 1. The molecule has 1 aliphatic heterocycles. The minimum Gasteiger partial charge on any atom is -0.478 e. The average molecular weight is 210 g/mol. The SMILES string of the molecule is O=C(O)/C=C/NCC1CCN(C2CC2)C1. The summed E-state index contributed by atoms with van der Waals surface area (Å²) >= 11 is 0. The summed E-state index contributed by atoms with van der Waals surface area (Å²) in [6.07, 6.45) is 6.66. The fourth-order valence-electron chi connectivity index (χ4n) is 2.17. The molecule has 1 atom stereocenters. The second kappa shape index (κ2) is 4.66. The molecular formula is C11H18N2O2. The summed E-state index contributed by atoms with van der Waals surface area (Å²) < 4.78 is 0. The van der Waals surface area contributed by atoms with Gasteiger partial charge in [0.1, 0.15) is 0 Å². The second-order valence-corrected chi connectivity index (χ2v) is 4.46. The number of carboxylic acids is 1. The van der Waals surface area contributed by atoms with Gasteiger partial charge in [0.05, 0.1) is 0 Å². The Hall–Kier alpha value is -1.03. The lowest BCUT2D eigenvalue weighted by atomic mass is 10.1. The average Bonchev–Trinajstić information content (AvgIpc) is 2.94. The van der Waals surface area contributed by atoms with Crippen molar-refractivity contribution >= 4 is 5.97 Å². The van der Waals surface area contributed by atoms with Crippen molar-refractivity contribution in [1.29, 1.82) is 0 Å². The Morgan fingerprint density at radius 2 is 2.27 bits per heavy atom. The number of carbonyl (C=O) groups is 1. The minimum absolute atomic E-state index is 0.684. The van der Waals surface area contributed by atoms with Gasteiger partial charge in [-0.25, -0.2) is 4.79 Å². The van der Waals surface area contributed by atoms with Gasteiger partial charge >= 0.3 is 5.97 Å². The topological polar surface area (TPSA) is 52.6 Å². The lowest BCUT2D eigenvalue weighted by Crippen LogP contribution is -2.25. The molecule has 2 N–H and O–H groups in total. The number of nitrogens with zero attached hydrogens (tertiary/aromatic N) is 1. The largest absolute Gasteiger partial charge is 0.478 e. The Morgan fingerprint density at radius 1 is 1.47 bits per heavy atom. The van der Waals surface area contributed by atoms with E-state index in [0.29, 0.717) is 5.92 Å². The first-order valence-corrected chi connectivity index (χ1v) is 5.62. The van der Waals surface area contributed by atoms with Crippen molar-refractivity contribution in [2.75, 3.05) is 19.6 Å². The molecule has 2 fully saturated rings. The molecule has 1 unspecified atom stereocenters. The Bertz CT molecular complexity index is 261. The van der Waals surface area contributed by atoms with Crippen LogP contribution in [0.2, 0.25) is 0 Å². The van der Waals surface area contributed by atoms with E-state index in [1.54, 1.807) is 0 Å². The van der Waals surface area contributed by atoms with Crippen LogP contribution in [-0.2, 0) is 4.79 Å². The van der Waals surface area contributed by atoms with E-state index >= 15 is 0 Å². The van der Waals surface area contributed by atoms with Crippen LogP contribution in [0.3, 0.4) is 0 Å². The van der Waals surface area contributed by atoms with E-state index in [2.05, 4.69) is 10.2 Å². The quantitative estimate of drug-likeness (QED) is 0.654. The highest BCUT2D eigenvalue weighted by molar-refractivity contribution is 5.79. The minimum atomic E-state index is -0.895. The van der Waals surface area contributed by atoms with Crippen LogP contribution in [0.15, 0.2) is 12.3 Å². The monoisotopic (exact) mass is 210 g/mol. The standard InChI is InChI=1S/C11H18N2O2/c14-11(15)3-5-12-7-9-4-6-13(8-9)10-1-2-10/h3,5,9-10,12H,1-2,4,6-8H2,(H,14,15)/b5-3+. The third-order valence-corrected chi connectivity index (χ3v) is 3.13. The van der Waals surface area contributed by atoms with Gasteiger partial charge in [0.25, 0.3) is 0 Å². The molecule has 4 nitrogen and oxygen atoms in total. The predicted molar refractivity (Wildman–Crippen MR) is 57.5 cm³/mol. The van der Waals surface area contributed by atoms with Crippen molar-refractivity contribution in [2.24, 2.45) is 5.92 Å². The Balaban J connectivity index is 1.62. The summed E-state index contributed by atoms with van der Waals surface area (Å²) in [5.41, 5.74) is 0. The van der Waals surface area contributed by atoms with Gasteiger partial charge in [0.2, 0.25) is 0 Å². The van der Waals surface area contributed by atoms with Gasteiger partial charge in [-0.05, 0) is 31.7 Å². The highest BCUT2D eigenvalue weighted by atomic mass is 16.4. The maximum atomic E-state index is 10.2. The van der Waals surface area contributed by atoms with E-state index in [1.807, 2.05) is 0 Å². The zero-order valence-corrected chi connectivity index (χ0v) is 8.85. The van der Waals surface area contributed by atoms with Crippen molar-refractivity contribution < 1.29 is 9.90 Å². The molecule has 0 spiro atoms. The van der Waals surface area contributed by atoms with Crippen molar-refractivity contribution in [3.8, 4) is 0 Å². The van der Waals surface area contributed by atoms with Crippen LogP contribution in [0.4, 0.5) is 0 Å². The summed E-state index contributed by atoms with van der Waals surface area (Å²) in [6, 6.07) is 0.865. The first-order valence-electron chi connectivity index (χ1n) is 5.62. The molecule has 0 radical (unpaired) electrons. The van der Waals surface area contributed by atoms with Gasteiger partial charge in [-0.3, -0.25) is 0 Å². The third-order valence-electron chi connectivity index (χ3n) is 3.13. The number of hydrogen-bond acceptors (Lipinski definition) is 3. The fourth-order valence-corrected chi connectivity index (χ4v) is 2.17. The molecule has 15 heavy (non-hydrogen) atoms. The first-order chi connectivity index (χ1) is 7.25. The van der Waals surface area contributed by atoms with Crippen LogP contribution >= 0.6 is 0 Å². The molecule has 2 aliphatic rings. The van der Waals surface area contributed by atoms with Crippen LogP contribution in [0, 0.1) is 5.92 Å². The molecule has 0 amide bonds. The molecule has 84 valence electrons. The van der Waals surface area contributed by atoms with E-state index in [4.69, 9.17) is 5.11 Å². The maximum Gasteiger partial charge on any atom is 0.329 e. The fraction of sp³-hybridized carbons (Fsp3) is 0.727. The summed E-state index contributed by atoms with van der Waals surface area (Å²) in [5, 5.41) is 11.4. The van der Waals surface area contributed by atoms with Crippen molar-refractivity contribution in [3.05, 3.63) is 12.3 Å². The van der Waals surface area contributed by atoms with Gasteiger partial charge in [0.15, 0.2) is 0 Å². The van der Waals surface area contributed by atoms with E-state index in [-0.39, 0.29) is 0 Å². The third kappa shape index (κ3) is 3.23. The lowest BCUT2D eigenvalue weighted by Gasteiger charge is -2.14. The molecule has 0 aromatic heterocycles. The van der Waals surface area contributed by atoms with E-state index in [1.165, 1.54) is 38.6 Å². The van der Waals surface area contributed by atoms with Gasteiger partial charge < -0.3 is 15.3 Å². The van der Waals surface area contributed by atoms with Crippen LogP contribution < -0.4 is 5.32 Å². The van der Waals surface area contributed by atoms with Gasteiger partial charge in [-0.15, -0.1) is 0 Å². The predicted octanol–water partition coefficient (Wildman–Crippen LogP) is 0.659. The van der Waals surface area contributed by atoms with E-state index < -0.39 is 5.97 Å². The summed E-state index contributed by atoms with van der Waals surface area (Å²) in [6.45, 7) is 3.30. The highest BCUT2D eigenvalue weighted by Gasteiger charge is 2.33. The molecule has 2 rings (SSSR count). The van der Waals surface area contributed by atoms with Gasteiger partial charge in [0, 0.05) is 31.4 Å². The zero-order valence-electron chi connectivity index (χ0n) is 8.85. The van der Waals surface area contributed by atoms with Crippen LogP contribution in [0.5, 0.6) is 0 Å². The smallest absolute Gasteiger partial charge is 0.329 e. The molecule has 0 aromatic rings. The normalized spacial score (nSPS) is 27.3. The number of hydrogen-bond donors (Lipinski definition) is 2. The Labute approximate surface area is 90.0 Å². The number of nitrogens with one attached hydrogen (secondary N) is 1. The number of rotatable bonds is 5. The molecule has 4 heteroatoms. The van der Waals surface area contributed by atoms with Crippen molar-refractivity contribution in [1.82, 2.24) is 10.2 Å². The summed E-state index contributed by atoms with van der Waals surface area (Å²) in [7, 11) is 0. The van der Waals surface area contributed by atoms with Crippen LogP contribution in [0.1, 0.15) is 19.3 Å². The molecule has 0 bridgehead atoms. The van der Waals surface area contributed by atoms with E-state index in [0.717, 1.165) is 18.7 Å². The molecule has 1 saturated carbocycles. The second-order valence-electron chi connectivity index (χ2n) is 4.46. The highest BCUT2D eigenvalue weighted by Crippen LogP contribution is 2.31. The molecule has 1 aliphatic carbocycles. The summed E-state index contributed by atoms with van der Waals surface area (Å²) in [4.78, 5) is 12.8. The number of likely N-dealkylation sites (tertiary alicyclic amines) is 1.